The third-order valence-corrected chi connectivity index (χ3v) is 4.04. The molecule has 0 aromatic carbocycles. The Labute approximate surface area is 121 Å². The number of nitrogens with one attached hydrogen (secondary N) is 1. The van der Waals surface area contributed by atoms with E-state index in [0.29, 0.717) is 0 Å². The van der Waals surface area contributed by atoms with Gasteiger partial charge in [-0.2, -0.15) is 0 Å². The molecule has 1 aromatic heterocycles. The van der Waals surface area contributed by atoms with Gasteiger partial charge in [0, 0.05) is 30.9 Å². The first-order valence-electron chi connectivity index (χ1n) is 7.65. The summed E-state index contributed by atoms with van der Waals surface area (Å²) in [4.78, 5) is 19.0. The Hall–Kier alpha value is -1.58. The zero-order valence-corrected chi connectivity index (χ0v) is 12.8. The number of piperidine rings is 1. The summed E-state index contributed by atoms with van der Waals surface area (Å²) >= 11 is 0. The van der Waals surface area contributed by atoms with Crippen molar-refractivity contribution >= 4 is 11.7 Å². The molecule has 0 unspecified atom stereocenters. The van der Waals surface area contributed by atoms with Crippen LogP contribution in [0.15, 0.2) is 12.1 Å². The number of aryl methyl sites for hydroxylation is 1. The number of aromatic nitrogens is 1. The standard InChI is InChI=1S/C16H25N3O/c1-4-13-6-8-19(9-7-13)16(20)14-10-12(3)18-15(11-14)17-5-2/h10-11,13H,4-9H2,1-3H3,(H,17,18). The smallest absolute Gasteiger partial charge is 0.254 e. The zero-order valence-electron chi connectivity index (χ0n) is 12.8. The molecule has 2 heterocycles. The van der Waals surface area contributed by atoms with E-state index >= 15 is 0 Å². The number of carbonyl (C=O) groups excluding carboxylic acids is 1. The van der Waals surface area contributed by atoms with Crippen LogP contribution in [0.2, 0.25) is 0 Å². The van der Waals surface area contributed by atoms with Crippen LogP contribution < -0.4 is 5.32 Å². The molecule has 0 spiro atoms. The fourth-order valence-corrected chi connectivity index (χ4v) is 2.79. The van der Waals surface area contributed by atoms with Crippen molar-refractivity contribution in [2.75, 3.05) is 25.0 Å². The minimum absolute atomic E-state index is 0.143. The Bertz CT molecular complexity index is 465. The zero-order chi connectivity index (χ0) is 14.5. The fourth-order valence-electron chi connectivity index (χ4n) is 2.79. The van der Waals surface area contributed by atoms with E-state index in [4.69, 9.17) is 0 Å². The van der Waals surface area contributed by atoms with Gasteiger partial charge < -0.3 is 10.2 Å². The largest absolute Gasteiger partial charge is 0.370 e. The molecule has 4 heteroatoms. The third-order valence-electron chi connectivity index (χ3n) is 4.04. The molecule has 1 aliphatic heterocycles. The van der Waals surface area contributed by atoms with Crippen molar-refractivity contribution in [3.05, 3.63) is 23.4 Å². The molecule has 0 bridgehead atoms. The lowest BCUT2D eigenvalue weighted by Crippen LogP contribution is -2.38. The van der Waals surface area contributed by atoms with E-state index in [1.54, 1.807) is 0 Å². The first-order chi connectivity index (χ1) is 9.63. The molecule has 0 atom stereocenters. The lowest BCUT2D eigenvalue weighted by atomic mass is 9.94. The highest BCUT2D eigenvalue weighted by Gasteiger charge is 2.23. The number of anilines is 1. The number of nitrogens with zero attached hydrogens (tertiary/aromatic N) is 2. The second-order valence-corrected chi connectivity index (χ2v) is 5.56. The quantitative estimate of drug-likeness (QED) is 0.918. The second-order valence-electron chi connectivity index (χ2n) is 5.56. The summed E-state index contributed by atoms with van der Waals surface area (Å²) in [5, 5.41) is 3.18. The first kappa shape index (κ1) is 14.8. The molecule has 20 heavy (non-hydrogen) atoms. The van der Waals surface area contributed by atoms with Gasteiger partial charge >= 0.3 is 0 Å². The van der Waals surface area contributed by atoms with Crippen molar-refractivity contribution in [3.8, 4) is 0 Å². The normalized spacial score (nSPS) is 16.2. The van der Waals surface area contributed by atoms with E-state index in [1.165, 1.54) is 6.42 Å². The summed E-state index contributed by atoms with van der Waals surface area (Å²) in [6, 6.07) is 3.75. The SMILES string of the molecule is CCNc1cc(C(=O)N2CCC(CC)CC2)cc(C)n1. The maximum absolute atomic E-state index is 12.6. The Kier molecular flexibility index (Phi) is 4.99. The molecule has 4 nitrogen and oxygen atoms in total. The van der Waals surface area contributed by atoms with Gasteiger partial charge in [-0.1, -0.05) is 13.3 Å². The fraction of sp³-hybridized carbons (Fsp3) is 0.625. The van der Waals surface area contributed by atoms with Crippen LogP contribution in [0.1, 0.15) is 49.2 Å². The van der Waals surface area contributed by atoms with Gasteiger partial charge in [0.1, 0.15) is 5.82 Å². The number of pyridine rings is 1. The number of hydrogen-bond donors (Lipinski definition) is 1. The Morgan fingerprint density at radius 2 is 2.05 bits per heavy atom. The van der Waals surface area contributed by atoms with Gasteiger partial charge in [0.2, 0.25) is 0 Å². The molecule has 1 aromatic rings. The number of carbonyl (C=O) groups is 1. The number of likely N-dealkylation sites (tertiary alicyclic amines) is 1. The molecule has 1 saturated heterocycles. The van der Waals surface area contributed by atoms with E-state index in [-0.39, 0.29) is 5.91 Å². The maximum Gasteiger partial charge on any atom is 0.254 e. The van der Waals surface area contributed by atoms with Crippen LogP contribution in [0.4, 0.5) is 5.82 Å². The molecular weight excluding hydrogens is 250 g/mol. The molecule has 110 valence electrons. The lowest BCUT2D eigenvalue weighted by Gasteiger charge is -2.31. The molecule has 1 N–H and O–H groups in total. The van der Waals surface area contributed by atoms with Gasteiger partial charge in [0.15, 0.2) is 0 Å². The van der Waals surface area contributed by atoms with E-state index in [1.807, 2.05) is 30.9 Å². The molecule has 1 fully saturated rings. The average molecular weight is 275 g/mol. The Balaban J connectivity index is 2.09. The first-order valence-corrected chi connectivity index (χ1v) is 7.65. The van der Waals surface area contributed by atoms with Crippen LogP contribution in [0.5, 0.6) is 0 Å². The van der Waals surface area contributed by atoms with Crippen molar-refractivity contribution < 1.29 is 4.79 Å². The lowest BCUT2D eigenvalue weighted by molar-refractivity contribution is 0.0688. The van der Waals surface area contributed by atoms with E-state index < -0.39 is 0 Å². The summed E-state index contributed by atoms with van der Waals surface area (Å²) in [6.45, 7) is 8.77. The van der Waals surface area contributed by atoms with Crippen LogP contribution in [0.25, 0.3) is 0 Å². The highest BCUT2D eigenvalue weighted by Crippen LogP contribution is 2.22. The predicted molar refractivity (Wildman–Crippen MR) is 82.1 cm³/mol. The number of rotatable bonds is 4. The summed E-state index contributed by atoms with van der Waals surface area (Å²) in [6.07, 6.45) is 3.49. The molecule has 1 aliphatic rings. The Morgan fingerprint density at radius 1 is 1.35 bits per heavy atom. The van der Waals surface area contributed by atoms with Crippen LogP contribution in [-0.4, -0.2) is 35.4 Å². The van der Waals surface area contributed by atoms with Crippen LogP contribution in [0, 0.1) is 12.8 Å². The monoisotopic (exact) mass is 275 g/mol. The molecule has 0 radical (unpaired) electrons. The summed E-state index contributed by atoms with van der Waals surface area (Å²) < 4.78 is 0. The predicted octanol–water partition coefficient (Wildman–Crippen LogP) is 3.08. The van der Waals surface area contributed by atoms with Gasteiger partial charge in [-0.15, -0.1) is 0 Å². The second kappa shape index (κ2) is 6.73. The summed E-state index contributed by atoms with van der Waals surface area (Å²) in [5.74, 6) is 1.72. The summed E-state index contributed by atoms with van der Waals surface area (Å²) in [5.41, 5.74) is 1.64. The van der Waals surface area contributed by atoms with E-state index in [2.05, 4.69) is 17.2 Å². The van der Waals surface area contributed by atoms with Crippen LogP contribution >= 0.6 is 0 Å². The van der Waals surface area contributed by atoms with Crippen LogP contribution in [-0.2, 0) is 0 Å². The highest BCUT2D eigenvalue weighted by atomic mass is 16.2. The average Bonchev–Trinajstić information content (AvgIpc) is 2.46. The van der Waals surface area contributed by atoms with Crippen molar-refractivity contribution in [3.63, 3.8) is 0 Å². The van der Waals surface area contributed by atoms with Gasteiger partial charge in [-0.25, -0.2) is 4.98 Å². The van der Waals surface area contributed by atoms with Crippen molar-refractivity contribution in [1.29, 1.82) is 0 Å². The van der Waals surface area contributed by atoms with E-state index in [0.717, 1.165) is 55.5 Å². The summed E-state index contributed by atoms with van der Waals surface area (Å²) in [7, 11) is 0. The topological polar surface area (TPSA) is 45.2 Å². The molecule has 1 amide bonds. The van der Waals surface area contributed by atoms with Gasteiger partial charge in [-0.05, 0) is 44.7 Å². The van der Waals surface area contributed by atoms with E-state index in [9.17, 15) is 4.79 Å². The minimum Gasteiger partial charge on any atom is -0.370 e. The number of hydrogen-bond acceptors (Lipinski definition) is 3. The van der Waals surface area contributed by atoms with Gasteiger partial charge in [0.25, 0.3) is 5.91 Å². The van der Waals surface area contributed by atoms with Crippen molar-refractivity contribution in [1.82, 2.24) is 9.88 Å². The Morgan fingerprint density at radius 3 is 2.65 bits per heavy atom. The van der Waals surface area contributed by atoms with Crippen LogP contribution in [0.3, 0.4) is 0 Å². The highest BCUT2D eigenvalue weighted by molar-refractivity contribution is 5.95. The number of amides is 1. The van der Waals surface area contributed by atoms with Crippen molar-refractivity contribution in [2.45, 2.75) is 40.0 Å². The molecule has 2 rings (SSSR count). The van der Waals surface area contributed by atoms with Gasteiger partial charge in [-0.3, -0.25) is 4.79 Å². The van der Waals surface area contributed by atoms with Crippen molar-refractivity contribution in [2.24, 2.45) is 5.92 Å². The molecular formula is C16H25N3O. The van der Waals surface area contributed by atoms with Gasteiger partial charge in [0.05, 0.1) is 0 Å². The molecule has 0 aliphatic carbocycles. The molecule has 0 saturated carbocycles. The minimum atomic E-state index is 0.143. The maximum atomic E-state index is 12.6. The third kappa shape index (κ3) is 3.50.